The second-order valence-electron chi connectivity index (χ2n) is 3.31. The van der Waals surface area contributed by atoms with Crippen molar-refractivity contribution in [1.82, 2.24) is 15.6 Å². The molecule has 1 atom stereocenters. The average molecular weight is 242 g/mol. The monoisotopic (exact) mass is 242 g/mol. The van der Waals surface area contributed by atoms with E-state index in [-0.39, 0.29) is 0 Å². The lowest BCUT2D eigenvalue weighted by molar-refractivity contribution is -0.125. The molecule has 1 saturated heterocycles. The second kappa shape index (κ2) is 4.58. The molecule has 0 bridgehead atoms. The first-order chi connectivity index (χ1) is 7.54. The molecule has 1 rings (SSSR count). The number of hydrogen-bond donors (Lipinski definition) is 3. The van der Waals surface area contributed by atoms with Crippen LogP contribution in [0.25, 0.3) is 0 Å². The molecule has 6 nitrogen and oxygen atoms in total. The maximum atomic E-state index is 11.8. The SMILES string of the molecule is C/C=C(\NC=S)C1(CC)C(=O)NC(=O)N1N. The molecule has 1 heterocycles. The van der Waals surface area contributed by atoms with Crippen LogP contribution in [0, 0.1) is 0 Å². The Balaban J connectivity index is 3.24. The first kappa shape index (κ1) is 12.6. The molecule has 0 aromatic heterocycles. The van der Waals surface area contributed by atoms with Gasteiger partial charge in [-0.1, -0.05) is 25.2 Å². The molecule has 0 aromatic carbocycles. The quantitative estimate of drug-likeness (QED) is 0.280. The molecular weight excluding hydrogens is 228 g/mol. The smallest absolute Gasteiger partial charge is 0.339 e. The van der Waals surface area contributed by atoms with Crippen LogP contribution in [0.15, 0.2) is 11.8 Å². The summed E-state index contributed by atoms with van der Waals surface area (Å²) in [6, 6.07) is -0.614. The van der Waals surface area contributed by atoms with Gasteiger partial charge in [0.05, 0.1) is 5.49 Å². The minimum Gasteiger partial charge on any atom is -0.354 e. The number of nitrogens with zero attached hydrogens (tertiary/aromatic N) is 1. The van der Waals surface area contributed by atoms with E-state index in [1.54, 1.807) is 19.9 Å². The number of nitrogens with two attached hydrogens (primary N) is 1. The lowest BCUT2D eigenvalue weighted by atomic mass is 9.91. The van der Waals surface area contributed by atoms with E-state index in [0.29, 0.717) is 12.1 Å². The van der Waals surface area contributed by atoms with Crippen LogP contribution < -0.4 is 16.5 Å². The summed E-state index contributed by atoms with van der Waals surface area (Å²) in [5.41, 5.74) is 0.577. The predicted molar refractivity (Wildman–Crippen MR) is 63.1 cm³/mol. The summed E-state index contributed by atoms with van der Waals surface area (Å²) in [6.45, 7) is 3.51. The Hall–Kier alpha value is -1.47. The van der Waals surface area contributed by atoms with Crippen molar-refractivity contribution in [3.8, 4) is 0 Å². The van der Waals surface area contributed by atoms with Gasteiger partial charge in [0.2, 0.25) is 0 Å². The third-order valence-corrected chi connectivity index (χ3v) is 2.80. The van der Waals surface area contributed by atoms with E-state index < -0.39 is 17.5 Å². The zero-order chi connectivity index (χ0) is 12.3. The van der Waals surface area contributed by atoms with Crippen molar-refractivity contribution < 1.29 is 9.59 Å². The molecule has 0 aromatic rings. The summed E-state index contributed by atoms with van der Waals surface area (Å²) < 4.78 is 0. The van der Waals surface area contributed by atoms with E-state index in [0.717, 1.165) is 5.01 Å². The van der Waals surface area contributed by atoms with Crippen LogP contribution >= 0.6 is 12.2 Å². The van der Waals surface area contributed by atoms with Crippen molar-refractivity contribution in [2.75, 3.05) is 0 Å². The van der Waals surface area contributed by atoms with Crippen LogP contribution in [0.2, 0.25) is 0 Å². The summed E-state index contributed by atoms with van der Waals surface area (Å²) in [7, 11) is 0. The number of thiocarbonyl (C=S) groups is 1. The Morgan fingerprint density at radius 3 is 2.62 bits per heavy atom. The zero-order valence-corrected chi connectivity index (χ0v) is 9.93. The fraction of sp³-hybridized carbons (Fsp3) is 0.444. The normalized spacial score (nSPS) is 25.7. The van der Waals surface area contributed by atoms with Gasteiger partial charge in [-0.3, -0.25) is 10.1 Å². The molecular formula is C9H14N4O2S. The Morgan fingerprint density at radius 2 is 2.31 bits per heavy atom. The van der Waals surface area contributed by atoms with Gasteiger partial charge in [-0.15, -0.1) is 0 Å². The number of rotatable bonds is 4. The summed E-state index contributed by atoms with van der Waals surface area (Å²) in [5.74, 6) is 5.19. The number of imide groups is 1. The standard InChI is InChI=1S/C9H14N4O2S/c1-3-6(11-5-16)9(4-2)7(14)12-8(15)13(9)10/h3,5H,4,10H2,1-2H3,(H,11,16)(H,12,14,15)/b6-3-. The number of amides is 3. The van der Waals surface area contributed by atoms with Gasteiger partial charge >= 0.3 is 6.03 Å². The van der Waals surface area contributed by atoms with Gasteiger partial charge < -0.3 is 5.32 Å². The predicted octanol–water partition coefficient (Wildman–Crippen LogP) is 0.0113. The van der Waals surface area contributed by atoms with Crippen LogP contribution in [0.3, 0.4) is 0 Å². The van der Waals surface area contributed by atoms with E-state index in [1.807, 2.05) is 0 Å². The number of allylic oxidation sites excluding steroid dienone is 1. The van der Waals surface area contributed by atoms with Gasteiger partial charge in [0, 0.05) is 5.70 Å². The summed E-state index contributed by atoms with van der Waals surface area (Å²) in [5, 5.41) is 5.84. The zero-order valence-electron chi connectivity index (χ0n) is 9.11. The maximum Gasteiger partial charge on any atom is 0.339 e. The molecule has 3 amide bonds. The third kappa shape index (κ3) is 1.57. The maximum absolute atomic E-state index is 11.8. The first-order valence-electron chi connectivity index (χ1n) is 4.81. The van der Waals surface area contributed by atoms with Crippen molar-refractivity contribution in [3.05, 3.63) is 11.8 Å². The number of hydrogen-bond acceptors (Lipinski definition) is 4. The minimum atomic E-state index is -1.19. The number of nitrogens with one attached hydrogen (secondary N) is 2. The molecule has 1 aliphatic heterocycles. The molecule has 0 spiro atoms. The van der Waals surface area contributed by atoms with Crippen LogP contribution in [-0.4, -0.2) is 28.0 Å². The van der Waals surface area contributed by atoms with Gasteiger partial charge in [-0.25, -0.2) is 15.6 Å². The van der Waals surface area contributed by atoms with E-state index in [4.69, 9.17) is 5.84 Å². The Bertz CT molecular complexity index is 369. The van der Waals surface area contributed by atoms with Crippen molar-refractivity contribution in [2.24, 2.45) is 5.84 Å². The lowest BCUT2D eigenvalue weighted by Gasteiger charge is -2.32. The molecule has 0 saturated carbocycles. The first-order valence-corrected chi connectivity index (χ1v) is 5.29. The number of urea groups is 1. The molecule has 1 aliphatic rings. The van der Waals surface area contributed by atoms with Crippen LogP contribution in [0.5, 0.6) is 0 Å². The second-order valence-corrected chi connectivity index (χ2v) is 3.54. The van der Waals surface area contributed by atoms with Crippen LogP contribution in [-0.2, 0) is 4.79 Å². The molecule has 88 valence electrons. The Labute approximate surface area is 98.8 Å². The van der Waals surface area contributed by atoms with Crippen molar-refractivity contribution in [2.45, 2.75) is 25.8 Å². The highest BCUT2D eigenvalue weighted by Gasteiger charge is 2.53. The molecule has 1 unspecified atom stereocenters. The number of hydrazine groups is 1. The van der Waals surface area contributed by atoms with Crippen molar-refractivity contribution in [1.29, 1.82) is 0 Å². The highest BCUT2D eigenvalue weighted by atomic mass is 32.1. The molecule has 7 heteroatoms. The van der Waals surface area contributed by atoms with Gasteiger partial charge in [-0.2, -0.15) is 0 Å². The third-order valence-electron chi connectivity index (χ3n) is 2.69. The highest BCUT2D eigenvalue weighted by Crippen LogP contribution is 2.29. The summed E-state index contributed by atoms with van der Waals surface area (Å²) >= 11 is 4.68. The van der Waals surface area contributed by atoms with Gasteiger partial charge in [0.15, 0.2) is 5.54 Å². The van der Waals surface area contributed by atoms with Gasteiger partial charge in [-0.05, 0) is 13.3 Å². The fourth-order valence-electron chi connectivity index (χ4n) is 1.82. The Morgan fingerprint density at radius 1 is 1.69 bits per heavy atom. The number of carbonyl (C=O) groups excluding carboxylic acids is 2. The molecule has 0 radical (unpaired) electrons. The number of carbonyl (C=O) groups is 2. The van der Waals surface area contributed by atoms with E-state index in [2.05, 4.69) is 22.9 Å². The van der Waals surface area contributed by atoms with Gasteiger partial charge in [0.25, 0.3) is 5.91 Å². The van der Waals surface area contributed by atoms with Gasteiger partial charge in [0.1, 0.15) is 0 Å². The van der Waals surface area contributed by atoms with E-state index in [1.165, 1.54) is 5.49 Å². The fourth-order valence-corrected chi connectivity index (χ4v) is 1.95. The van der Waals surface area contributed by atoms with Crippen LogP contribution in [0.4, 0.5) is 4.79 Å². The largest absolute Gasteiger partial charge is 0.354 e. The van der Waals surface area contributed by atoms with Crippen molar-refractivity contribution >= 4 is 29.6 Å². The Kier molecular flexibility index (Phi) is 3.61. The molecule has 4 N–H and O–H groups in total. The molecule has 0 aliphatic carbocycles. The summed E-state index contributed by atoms with van der Waals surface area (Å²) in [4.78, 5) is 23.2. The minimum absolute atomic E-state index is 0.358. The highest BCUT2D eigenvalue weighted by molar-refractivity contribution is 7.78. The lowest BCUT2D eigenvalue weighted by Crippen LogP contribution is -2.56. The van der Waals surface area contributed by atoms with Crippen molar-refractivity contribution in [3.63, 3.8) is 0 Å². The molecule has 16 heavy (non-hydrogen) atoms. The van der Waals surface area contributed by atoms with Crippen LogP contribution in [0.1, 0.15) is 20.3 Å². The van der Waals surface area contributed by atoms with E-state index in [9.17, 15) is 9.59 Å². The average Bonchev–Trinajstić information content (AvgIpc) is 2.49. The van der Waals surface area contributed by atoms with E-state index >= 15 is 0 Å². The summed E-state index contributed by atoms with van der Waals surface area (Å²) in [6.07, 6.45) is 2.03. The molecule has 1 fully saturated rings. The topological polar surface area (TPSA) is 87.5 Å².